The van der Waals surface area contributed by atoms with Crippen LogP contribution in [0.3, 0.4) is 0 Å². The zero-order valence-corrected chi connectivity index (χ0v) is 45.1. The van der Waals surface area contributed by atoms with Crippen LogP contribution in [0.15, 0.2) is 146 Å². The van der Waals surface area contributed by atoms with Gasteiger partial charge in [-0.3, -0.25) is 4.79 Å². The van der Waals surface area contributed by atoms with Gasteiger partial charge in [0.1, 0.15) is 32.8 Å². The number of nitrogens with zero attached hydrogens (tertiary/aromatic N) is 2. The molecule has 0 aliphatic carbocycles. The lowest BCUT2D eigenvalue weighted by Gasteiger charge is -2.06. The van der Waals surface area contributed by atoms with E-state index in [1.54, 1.807) is 46.8 Å². The molecule has 0 unspecified atom stereocenters. The molecule has 77 heavy (non-hydrogen) atoms. The van der Waals surface area contributed by atoms with E-state index in [9.17, 15) is 14.4 Å². The van der Waals surface area contributed by atoms with Crippen molar-refractivity contribution in [2.75, 3.05) is 71.5 Å². The van der Waals surface area contributed by atoms with Crippen LogP contribution in [0, 0.1) is 0 Å². The number of carbonyl (C=O) groups excluding carboxylic acids is 3. The zero-order valence-electron chi connectivity index (χ0n) is 42.6. The van der Waals surface area contributed by atoms with Crippen molar-refractivity contribution in [3.8, 4) is 23.0 Å². The molecule has 19 nitrogen and oxygen atoms in total. The summed E-state index contributed by atoms with van der Waals surface area (Å²) in [6, 6.07) is 38.1. The predicted octanol–water partition coefficient (Wildman–Crippen LogP) is 9.92. The minimum atomic E-state index is -0.410. The molecule has 2 aromatic heterocycles. The van der Waals surface area contributed by atoms with Crippen LogP contribution in [-0.4, -0.2) is 82.7 Å². The number of amides is 1. The topological polar surface area (TPSA) is 268 Å². The first-order chi connectivity index (χ1) is 36.3. The second-order valence-electron chi connectivity index (χ2n) is 14.7. The van der Waals surface area contributed by atoms with Gasteiger partial charge in [0.2, 0.25) is 0 Å². The fourth-order valence-corrected chi connectivity index (χ4v) is 7.04. The first-order valence-corrected chi connectivity index (χ1v) is 24.5. The number of carbonyl (C=O) groups is 3. The van der Waals surface area contributed by atoms with Crippen LogP contribution in [-0.2, 0) is 45.2 Å². The fraction of sp³-hybridized carbons (Fsp3) is 0.236. The molecule has 0 radical (unpaired) electrons. The lowest BCUT2D eigenvalue weighted by atomic mass is 10.2. The molecule has 414 valence electrons. The van der Waals surface area contributed by atoms with Crippen molar-refractivity contribution in [3.63, 3.8) is 0 Å². The smallest absolute Gasteiger partial charge is 0.349 e. The summed E-state index contributed by atoms with van der Waals surface area (Å²) in [6.45, 7) is 2.49. The van der Waals surface area contributed by atoms with Gasteiger partial charge in [-0.25, -0.2) is 19.6 Å². The van der Waals surface area contributed by atoms with Gasteiger partial charge >= 0.3 is 11.9 Å². The fourth-order valence-electron chi connectivity index (χ4n) is 5.53. The van der Waals surface area contributed by atoms with Crippen molar-refractivity contribution in [2.24, 2.45) is 11.5 Å². The van der Waals surface area contributed by atoms with Crippen LogP contribution in [0.25, 0.3) is 0 Å². The first kappa shape index (κ1) is 66.6. The summed E-state index contributed by atoms with van der Waals surface area (Å²) in [5, 5.41) is 13.7. The van der Waals surface area contributed by atoms with E-state index in [0.717, 1.165) is 45.3 Å². The van der Waals surface area contributed by atoms with Crippen molar-refractivity contribution >= 4 is 79.5 Å². The second-order valence-corrected chi connectivity index (χ2v) is 17.2. The number of methoxy groups -OCH3 is 7. The SMILES string of the molecule is C.C.CO/C=C/C(=O)OC.COC(=O)c1cnc(NCc2ccc(OC)cc2)s1.COc1ccc(CN)cc1.COc1ccc(CNC(N)=S)cc1.COc1ccc(CNc2ncc(C(=O)Nc3ccccc3N)s2)cc1. The quantitative estimate of drug-likeness (QED) is 0.0138. The van der Waals surface area contributed by atoms with Gasteiger partial charge in [-0.2, -0.15) is 0 Å². The van der Waals surface area contributed by atoms with E-state index >= 15 is 0 Å². The number of thiocarbonyl (C=S) groups is 1. The molecule has 0 aliphatic heterocycles. The van der Waals surface area contributed by atoms with Gasteiger partial charge in [0.05, 0.1) is 85.9 Å². The van der Waals surface area contributed by atoms with Crippen LogP contribution in [0.4, 0.5) is 21.6 Å². The Kier molecular flexibility index (Phi) is 33.0. The molecule has 0 bridgehead atoms. The third-order valence-corrected chi connectivity index (χ3v) is 11.6. The van der Waals surface area contributed by atoms with Gasteiger partial charge in [0, 0.05) is 26.2 Å². The van der Waals surface area contributed by atoms with Crippen LogP contribution in [0.1, 0.15) is 56.5 Å². The first-order valence-electron chi connectivity index (χ1n) is 22.4. The maximum absolute atomic E-state index is 12.3. The lowest BCUT2D eigenvalue weighted by molar-refractivity contribution is -0.134. The van der Waals surface area contributed by atoms with Gasteiger partial charge < -0.3 is 71.6 Å². The number of para-hydroxylation sites is 2. The summed E-state index contributed by atoms with van der Waals surface area (Å²) in [6.07, 6.45) is 5.51. The second kappa shape index (κ2) is 38.2. The minimum absolute atomic E-state index is 0. The number of hydrogen-bond acceptors (Lipinski definition) is 19. The monoisotopic (exact) mass is 1110 g/mol. The average molecular weight is 1110 g/mol. The van der Waals surface area contributed by atoms with E-state index < -0.39 is 5.97 Å². The highest BCUT2D eigenvalue weighted by Gasteiger charge is 2.13. The highest BCUT2D eigenvalue weighted by molar-refractivity contribution is 7.80. The molecule has 0 fully saturated rings. The Balaban J connectivity index is 0.000000507. The Bertz CT molecular complexity index is 2770. The van der Waals surface area contributed by atoms with Gasteiger partial charge in [0.25, 0.3) is 5.91 Å². The Morgan fingerprint density at radius 1 is 0.584 bits per heavy atom. The van der Waals surface area contributed by atoms with E-state index in [0.29, 0.717) is 62.7 Å². The molecule has 7 aromatic rings. The normalized spacial score (nSPS) is 9.56. The molecular weight excluding hydrogens is 1040 g/mol. The van der Waals surface area contributed by atoms with Crippen LogP contribution in [0.5, 0.6) is 23.0 Å². The van der Waals surface area contributed by atoms with Crippen LogP contribution >= 0.6 is 34.9 Å². The number of thiazole rings is 2. The van der Waals surface area contributed by atoms with Crippen LogP contribution in [0.2, 0.25) is 0 Å². The van der Waals surface area contributed by atoms with Crippen molar-refractivity contribution in [2.45, 2.75) is 41.0 Å². The predicted molar refractivity (Wildman–Crippen MR) is 314 cm³/mol. The molecule has 22 heteroatoms. The number of esters is 2. The largest absolute Gasteiger partial charge is 0.504 e. The van der Waals surface area contributed by atoms with E-state index in [1.165, 1.54) is 62.5 Å². The van der Waals surface area contributed by atoms with E-state index in [2.05, 4.69) is 57.7 Å². The average Bonchev–Trinajstić information content (AvgIpc) is 4.15. The molecule has 5 aromatic carbocycles. The molecule has 2 heterocycles. The Hall–Kier alpha value is -8.44. The summed E-state index contributed by atoms with van der Waals surface area (Å²) >= 11 is 7.25. The Morgan fingerprint density at radius 2 is 1.00 bits per heavy atom. The number of hydrogen-bond donors (Lipinski definition) is 7. The van der Waals surface area contributed by atoms with Crippen molar-refractivity contribution < 1.29 is 47.5 Å². The molecule has 0 saturated carbocycles. The molecule has 0 atom stereocenters. The van der Waals surface area contributed by atoms with Crippen LogP contribution < -0.4 is 57.4 Å². The maximum Gasteiger partial charge on any atom is 0.349 e. The minimum Gasteiger partial charge on any atom is -0.504 e. The van der Waals surface area contributed by atoms with E-state index in [4.69, 9.17) is 36.1 Å². The number of nitrogens with two attached hydrogens (primary N) is 3. The molecule has 0 saturated heterocycles. The third kappa shape index (κ3) is 26.1. The molecule has 0 aliphatic rings. The van der Waals surface area contributed by atoms with Gasteiger partial charge in [-0.15, -0.1) is 0 Å². The van der Waals surface area contributed by atoms with Crippen molar-refractivity contribution in [1.29, 1.82) is 0 Å². The Labute approximate surface area is 465 Å². The summed E-state index contributed by atoms with van der Waals surface area (Å²) < 4.78 is 33.5. The highest BCUT2D eigenvalue weighted by atomic mass is 32.1. The van der Waals surface area contributed by atoms with Crippen molar-refractivity contribution in [3.05, 3.63) is 178 Å². The van der Waals surface area contributed by atoms with E-state index in [1.807, 2.05) is 109 Å². The number of nitrogens with one attached hydrogen (secondary N) is 4. The number of ether oxygens (including phenoxy) is 7. The molecule has 1 amide bonds. The number of nitrogen functional groups attached to an aromatic ring is 1. The number of anilines is 4. The molecule has 7 rings (SSSR count). The summed E-state index contributed by atoms with van der Waals surface area (Å²) in [7, 11) is 10.7. The van der Waals surface area contributed by atoms with Gasteiger partial charge in [-0.1, -0.05) is 98.2 Å². The number of rotatable bonds is 18. The van der Waals surface area contributed by atoms with Gasteiger partial charge in [-0.05, 0) is 95.1 Å². The standard InChI is InChI=1S/C18H18N4O2S.C13H14N2O3S.C9H12N2OS.C8H11NO.C5H8O3.2CH4/c1-24-13-8-6-12(7-9-13)10-20-18-21-11-16(25-18)17(23)22-15-5-3-2-4-14(15)19;1-17-10-5-3-9(4-6-10)7-14-13-15-8-11(19-13)12(16)18-2;1-12-8-4-2-7(3-5-8)6-11-9(10)13;1-10-8-4-2-7(6-9)3-5-8;1-7-4-3-5(6)8-2;;/h2-9,11H,10,19H2,1H3,(H,20,21)(H,22,23);3-6,8H,7H2,1-2H3,(H,14,15);2-5H,6H2,1H3,(H3,10,11,13);2-5H,6,9H2,1H3;3-4H,1-2H3;2*1H4/b;;;;4-3+;;. The zero-order chi connectivity index (χ0) is 54.8. The lowest BCUT2D eigenvalue weighted by Crippen LogP contribution is -2.28. The van der Waals surface area contributed by atoms with Gasteiger partial charge in [0.15, 0.2) is 15.4 Å². The maximum atomic E-state index is 12.3. The highest BCUT2D eigenvalue weighted by Crippen LogP contribution is 2.24. The summed E-state index contributed by atoms with van der Waals surface area (Å²) in [4.78, 5) is 43.1. The number of aromatic nitrogens is 2. The Morgan fingerprint density at radius 3 is 1.39 bits per heavy atom. The summed E-state index contributed by atoms with van der Waals surface area (Å²) in [5.74, 6) is 2.36. The third-order valence-electron chi connectivity index (χ3n) is 9.60. The summed E-state index contributed by atoms with van der Waals surface area (Å²) in [5.41, 5.74) is 22.1. The van der Waals surface area contributed by atoms with E-state index in [-0.39, 0.29) is 26.7 Å². The number of benzene rings is 5. The molecule has 0 spiro atoms. The molecule has 10 N–H and O–H groups in total. The van der Waals surface area contributed by atoms with Crippen molar-refractivity contribution in [1.82, 2.24) is 15.3 Å². The molecular formula is C55H71N9O10S3.